The molecule has 0 aliphatic carbocycles. The Morgan fingerprint density at radius 1 is 0.583 bits per heavy atom. The Morgan fingerprint density at radius 3 is 1.94 bits per heavy atom. The average Bonchev–Trinajstić information content (AvgIpc) is 3.45. The zero-order chi connectivity index (χ0) is 24.0. The number of hydrogen-bond donors (Lipinski definition) is 0. The van der Waals surface area contributed by atoms with Gasteiger partial charge in [0.05, 0.1) is 25.9 Å². The Labute approximate surface area is 218 Å². The highest BCUT2D eigenvalue weighted by Crippen LogP contribution is 2.48. The Kier molecular flexibility index (Phi) is 4.20. The molecule has 0 unspecified atom stereocenters. The minimum Gasteiger partial charge on any atom is -0.306 e. The fourth-order valence-electron chi connectivity index (χ4n) is 5.86. The molecule has 4 heteroatoms. The first-order valence-electron chi connectivity index (χ1n) is 11.8. The van der Waals surface area contributed by atoms with Crippen LogP contribution < -0.4 is 0 Å². The lowest BCUT2D eigenvalue weighted by Gasteiger charge is -2.13. The molecule has 1 nitrogen and oxygen atoms in total. The summed E-state index contributed by atoms with van der Waals surface area (Å²) in [5, 5.41) is 9.91. The van der Waals surface area contributed by atoms with Crippen molar-refractivity contribution in [1.82, 2.24) is 4.57 Å². The third-order valence-electron chi connectivity index (χ3n) is 7.32. The quantitative estimate of drug-likeness (QED) is 0.181. The van der Waals surface area contributed by atoms with Gasteiger partial charge in [0.2, 0.25) is 0 Å². The van der Waals surface area contributed by atoms with Gasteiger partial charge in [0.1, 0.15) is 5.82 Å². The van der Waals surface area contributed by atoms with Crippen molar-refractivity contribution in [3.8, 4) is 5.69 Å². The van der Waals surface area contributed by atoms with E-state index in [1.54, 1.807) is 6.07 Å². The van der Waals surface area contributed by atoms with Crippen molar-refractivity contribution in [3.05, 3.63) is 113 Å². The maximum absolute atomic E-state index is 14.8. The Morgan fingerprint density at radius 2 is 1.19 bits per heavy atom. The Balaban J connectivity index is 1.72. The second-order valence-corrected chi connectivity index (χ2v) is 11.0. The molecule has 0 aliphatic heterocycles. The summed E-state index contributed by atoms with van der Waals surface area (Å²) >= 11 is 5.37. The third-order valence-corrected chi connectivity index (χ3v) is 9.28. The van der Waals surface area contributed by atoms with Crippen LogP contribution in [0.15, 0.2) is 108 Å². The van der Waals surface area contributed by atoms with Gasteiger partial charge in [-0.2, -0.15) is 0 Å². The van der Waals surface area contributed by atoms with Gasteiger partial charge in [0.15, 0.2) is 0 Å². The first kappa shape index (κ1) is 20.5. The lowest BCUT2D eigenvalue weighted by Crippen LogP contribution is -1.97. The fraction of sp³-hybridized carbons (Fsp3) is 0. The number of hydrogen-bond acceptors (Lipinski definition) is 1. The van der Waals surface area contributed by atoms with E-state index in [2.05, 4.69) is 105 Å². The molecule has 0 atom stereocenters. The van der Waals surface area contributed by atoms with Gasteiger partial charge in [0.25, 0.3) is 0 Å². The Hall–Kier alpha value is -3.73. The van der Waals surface area contributed by atoms with Crippen molar-refractivity contribution in [2.75, 3.05) is 0 Å². The maximum atomic E-state index is 14.8. The molecule has 6 aromatic carbocycles. The van der Waals surface area contributed by atoms with Crippen LogP contribution in [0.4, 0.5) is 4.39 Å². The molecular weight excluding hydrogens is 529 g/mol. The highest BCUT2D eigenvalue weighted by atomic mass is 79.9. The SMILES string of the molecule is Fc1cccc(-n2c3ccc4c5ccccc5c5ccccc5c4c3c3sc4ccccc4c32)c1Br. The molecule has 2 heterocycles. The fourth-order valence-corrected chi connectivity index (χ4v) is 7.55. The molecule has 0 N–H and O–H groups in total. The molecule has 0 bridgehead atoms. The van der Waals surface area contributed by atoms with E-state index < -0.39 is 0 Å². The van der Waals surface area contributed by atoms with Crippen molar-refractivity contribution in [3.63, 3.8) is 0 Å². The first-order valence-corrected chi connectivity index (χ1v) is 13.5. The highest BCUT2D eigenvalue weighted by Gasteiger charge is 2.23. The summed E-state index contributed by atoms with van der Waals surface area (Å²) in [5.41, 5.74) is 3.02. The van der Waals surface area contributed by atoms with Gasteiger partial charge in [-0.15, -0.1) is 11.3 Å². The van der Waals surface area contributed by atoms with Gasteiger partial charge < -0.3 is 4.57 Å². The van der Waals surface area contributed by atoms with Crippen molar-refractivity contribution in [2.45, 2.75) is 0 Å². The van der Waals surface area contributed by atoms with Gasteiger partial charge in [-0.05, 0) is 67.1 Å². The number of thiophene rings is 1. The van der Waals surface area contributed by atoms with Crippen LogP contribution in [0.25, 0.3) is 69.2 Å². The second-order valence-electron chi connectivity index (χ2n) is 9.16. The average molecular weight is 546 g/mol. The van der Waals surface area contributed by atoms with Crippen molar-refractivity contribution >= 4 is 90.8 Å². The van der Waals surface area contributed by atoms with Crippen LogP contribution in [-0.4, -0.2) is 4.57 Å². The van der Waals surface area contributed by atoms with Gasteiger partial charge in [0, 0.05) is 20.9 Å². The van der Waals surface area contributed by atoms with Gasteiger partial charge in [-0.1, -0.05) is 78.9 Å². The first-order chi connectivity index (χ1) is 17.7. The maximum Gasteiger partial charge on any atom is 0.139 e. The van der Waals surface area contributed by atoms with E-state index in [4.69, 9.17) is 0 Å². The van der Waals surface area contributed by atoms with E-state index in [0.29, 0.717) is 4.47 Å². The van der Waals surface area contributed by atoms with Crippen LogP contribution in [0.1, 0.15) is 0 Å². The van der Waals surface area contributed by atoms with Crippen LogP contribution in [0.3, 0.4) is 0 Å². The standard InChI is InChI=1S/C32H17BrFNS/c33-30-24(34)13-7-14-26(30)35-25-17-16-22-20-10-2-1-8-18(20)19-9-3-4-11-21(19)28(22)29(25)32-31(35)23-12-5-6-15-27(23)36-32/h1-17H. The number of fused-ring (bicyclic) bond motifs is 12. The Bertz CT molecular complexity index is 2150. The van der Waals surface area contributed by atoms with E-state index >= 15 is 0 Å². The van der Waals surface area contributed by atoms with Crippen LogP contribution in [0, 0.1) is 5.82 Å². The molecule has 8 rings (SSSR count). The van der Waals surface area contributed by atoms with Crippen molar-refractivity contribution in [1.29, 1.82) is 0 Å². The van der Waals surface area contributed by atoms with E-state index in [-0.39, 0.29) is 5.82 Å². The summed E-state index contributed by atoms with van der Waals surface area (Å²) in [7, 11) is 0. The predicted octanol–water partition coefficient (Wildman–Crippen LogP) is 10.4. The van der Waals surface area contributed by atoms with E-state index in [1.807, 2.05) is 17.4 Å². The summed E-state index contributed by atoms with van der Waals surface area (Å²) in [5.74, 6) is -0.265. The number of rotatable bonds is 1. The number of benzene rings is 6. The molecule has 0 radical (unpaired) electrons. The van der Waals surface area contributed by atoms with Crippen molar-refractivity contribution in [2.24, 2.45) is 0 Å². The van der Waals surface area contributed by atoms with Crippen LogP contribution in [0.5, 0.6) is 0 Å². The second kappa shape index (κ2) is 7.39. The van der Waals surface area contributed by atoms with Gasteiger partial charge in [-0.3, -0.25) is 0 Å². The molecule has 0 fully saturated rings. The van der Waals surface area contributed by atoms with E-state index in [9.17, 15) is 4.39 Å². The van der Waals surface area contributed by atoms with Crippen LogP contribution in [-0.2, 0) is 0 Å². The topological polar surface area (TPSA) is 4.93 Å². The smallest absolute Gasteiger partial charge is 0.139 e. The molecule has 8 aromatic rings. The molecule has 0 amide bonds. The molecule has 0 saturated carbocycles. The summed E-state index contributed by atoms with van der Waals surface area (Å²) in [6, 6.07) is 35.6. The number of aromatic nitrogens is 1. The summed E-state index contributed by atoms with van der Waals surface area (Å²) in [6.45, 7) is 0. The monoisotopic (exact) mass is 545 g/mol. The highest BCUT2D eigenvalue weighted by molar-refractivity contribution is 9.10. The van der Waals surface area contributed by atoms with Crippen LogP contribution >= 0.6 is 27.3 Å². The summed E-state index contributed by atoms with van der Waals surface area (Å²) < 4.78 is 20.0. The molecule has 0 saturated heterocycles. The zero-order valence-electron chi connectivity index (χ0n) is 18.9. The normalized spacial score (nSPS) is 12.2. The molecule has 170 valence electrons. The molecule has 0 aliphatic rings. The van der Waals surface area contributed by atoms with Crippen LogP contribution in [0.2, 0.25) is 0 Å². The molecule has 36 heavy (non-hydrogen) atoms. The van der Waals surface area contributed by atoms with Gasteiger partial charge in [-0.25, -0.2) is 4.39 Å². The predicted molar refractivity (Wildman–Crippen MR) is 156 cm³/mol. The molecule has 2 aromatic heterocycles. The summed E-state index contributed by atoms with van der Waals surface area (Å²) in [4.78, 5) is 0. The number of nitrogens with zero attached hydrogens (tertiary/aromatic N) is 1. The minimum atomic E-state index is -0.265. The zero-order valence-corrected chi connectivity index (χ0v) is 21.3. The number of halogens is 2. The van der Waals surface area contributed by atoms with E-state index in [0.717, 1.165) is 16.7 Å². The lowest BCUT2D eigenvalue weighted by atomic mass is 9.92. The summed E-state index contributed by atoms with van der Waals surface area (Å²) in [6.07, 6.45) is 0. The molecular formula is C32H17BrFNS. The largest absolute Gasteiger partial charge is 0.306 e. The van der Waals surface area contributed by atoms with Gasteiger partial charge >= 0.3 is 0 Å². The third kappa shape index (κ3) is 2.58. The minimum absolute atomic E-state index is 0.265. The lowest BCUT2D eigenvalue weighted by molar-refractivity contribution is 0.620. The molecule has 0 spiro atoms. The van der Waals surface area contributed by atoms with Crippen molar-refractivity contribution < 1.29 is 4.39 Å². The van der Waals surface area contributed by atoms with E-state index in [1.165, 1.54) is 58.6 Å².